The molecule has 0 saturated heterocycles. The molecule has 1 aromatic carbocycles. The van der Waals surface area contributed by atoms with Crippen molar-refractivity contribution < 1.29 is 9.53 Å². The maximum atomic E-state index is 12.8. The summed E-state index contributed by atoms with van der Waals surface area (Å²) in [5, 5.41) is 7.87. The molecule has 0 bridgehead atoms. The number of nitrogens with one attached hydrogen (secondary N) is 1. The van der Waals surface area contributed by atoms with E-state index in [9.17, 15) is 4.79 Å². The van der Waals surface area contributed by atoms with E-state index in [0.717, 1.165) is 29.0 Å². The summed E-state index contributed by atoms with van der Waals surface area (Å²) in [4.78, 5) is 17.3. The lowest BCUT2D eigenvalue weighted by Gasteiger charge is -2.34. The highest BCUT2D eigenvalue weighted by atomic mass is 16.5. The van der Waals surface area contributed by atoms with Crippen LogP contribution in [-0.2, 0) is 4.79 Å². The molecule has 4 rings (SSSR count). The largest absolute Gasteiger partial charge is 0.494 e. The predicted octanol–water partition coefficient (Wildman–Crippen LogP) is 3.25. The third kappa shape index (κ3) is 2.71. The number of hydrogen-bond donors (Lipinski definition) is 1. The maximum Gasteiger partial charge on any atom is 0.226 e. The molecule has 0 saturated carbocycles. The summed E-state index contributed by atoms with van der Waals surface area (Å²) >= 11 is 0. The number of ketones is 1. The first-order chi connectivity index (χ1) is 12.1. The summed E-state index contributed by atoms with van der Waals surface area (Å²) < 4.78 is 7.37. The van der Waals surface area contributed by atoms with Crippen molar-refractivity contribution in [2.45, 2.75) is 39.7 Å². The number of rotatable bonds is 3. The smallest absolute Gasteiger partial charge is 0.226 e. The highest BCUT2D eigenvalue weighted by molar-refractivity contribution is 5.99. The van der Waals surface area contributed by atoms with Crippen molar-refractivity contribution in [3.05, 3.63) is 46.9 Å². The van der Waals surface area contributed by atoms with Gasteiger partial charge in [-0.25, -0.2) is 4.68 Å². The molecule has 0 fully saturated rings. The second-order valence-electron chi connectivity index (χ2n) is 6.79. The molecule has 2 aliphatic rings. The molecular weight excluding hydrogens is 316 g/mol. The van der Waals surface area contributed by atoms with E-state index in [1.165, 1.54) is 0 Å². The topological polar surface area (TPSA) is 69.0 Å². The zero-order valence-electron chi connectivity index (χ0n) is 14.7. The molecule has 2 heterocycles. The summed E-state index contributed by atoms with van der Waals surface area (Å²) in [5.74, 6) is 2.76. The first-order valence-corrected chi connectivity index (χ1v) is 8.76. The van der Waals surface area contributed by atoms with Gasteiger partial charge in [0.1, 0.15) is 17.6 Å². The third-order valence-corrected chi connectivity index (χ3v) is 4.74. The molecule has 6 heteroatoms. The normalized spacial score (nSPS) is 22.3. The summed E-state index contributed by atoms with van der Waals surface area (Å²) in [7, 11) is 0. The minimum Gasteiger partial charge on any atom is -0.494 e. The Labute approximate surface area is 146 Å². The fraction of sp³-hybridized carbons (Fsp3) is 0.421. The van der Waals surface area contributed by atoms with E-state index in [4.69, 9.17) is 4.74 Å². The van der Waals surface area contributed by atoms with Crippen LogP contribution in [0.15, 0.2) is 35.5 Å². The van der Waals surface area contributed by atoms with Crippen LogP contribution in [0, 0.1) is 12.8 Å². The molecule has 130 valence electrons. The van der Waals surface area contributed by atoms with Crippen molar-refractivity contribution in [2.24, 2.45) is 5.92 Å². The van der Waals surface area contributed by atoms with Crippen LogP contribution in [0.2, 0.25) is 0 Å². The number of aryl methyl sites for hydroxylation is 1. The van der Waals surface area contributed by atoms with E-state index in [0.29, 0.717) is 30.7 Å². The number of hydrogen-bond acceptors (Lipinski definition) is 5. The first-order valence-electron chi connectivity index (χ1n) is 8.76. The fourth-order valence-electron chi connectivity index (χ4n) is 3.73. The van der Waals surface area contributed by atoms with Crippen molar-refractivity contribution in [3.63, 3.8) is 0 Å². The number of carbonyl (C=O) groups is 1. The average Bonchev–Trinajstić information content (AvgIpc) is 2.93. The lowest BCUT2D eigenvalue weighted by Crippen LogP contribution is -2.33. The summed E-state index contributed by atoms with van der Waals surface area (Å²) in [5.41, 5.74) is 2.83. The Bertz CT molecular complexity index is 851. The van der Waals surface area contributed by atoms with Crippen LogP contribution in [-0.4, -0.2) is 27.2 Å². The Balaban J connectivity index is 1.83. The Hall–Kier alpha value is -2.63. The lowest BCUT2D eigenvalue weighted by molar-refractivity contribution is -0.117. The number of carbonyl (C=O) groups excluding carboxylic acids is 1. The zero-order valence-corrected chi connectivity index (χ0v) is 14.7. The molecule has 0 radical (unpaired) electrons. The van der Waals surface area contributed by atoms with E-state index in [2.05, 4.69) is 22.3 Å². The number of nitrogens with zero attached hydrogens (tertiary/aromatic N) is 3. The van der Waals surface area contributed by atoms with E-state index in [-0.39, 0.29) is 11.8 Å². The predicted molar refractivity (Wildman–Crippen MR) is 94.6 cm³/mol. The minimum absolute atomic E-state index is 0.193. The van der Waals surface area contributed by atoms with Crippen LogP contribution in [0.25, 0.3) is 0 Å². The van der Waals surface area contributed by atoms with Crippen molar-refractivity contribution in [1.82, 2.24) is 14.8 Å². The van der Waals surface area contributed by atoms with Crippen molar-refractivity contribution in [3.8, 4) is 5.75 Å². The maximum absolute atomic E-state index is 12.8. The number of allylic oxidation sites excluding steroid dienone is 2. The molecule has 2 aromatic rings. The van der Waals surface area contributed by atoms with Gasteiger partial charge in [-0.2, -0.15) is 10.1 Å². The molecule has 1 aliphatic heterocycles. The highest BCUT2D eigenvalue weighted by Crippen LogP contribution is 2.41. The zero-order chi connectivity index (χ0) is 17.6. The first kappa shape index (κ1) is 15.9. The number of anilines is 1. The van der Waals surface area contributed by atoms with E-state index >= 15 is 0 Å². The van der Waals surface area contributed by atoms with Gasteiger partial charge in [0, 0.05) is 17.7 Å². The molecule has 1 N–H and O–H groups in total. The van der Waals surface area contributed by atoms with Gasteiger partial charge >= 0.3 is 0 Å². The molecular formula is C19H22N4O2. The van der Waals surface area contributed by atoms with Crippen LogP contribution in [0.1, 0.15) is 44.1 Å². The van der Waals surface area contributed by atoms with Crippen LogP contribution in [0.5, 0.6) is 5.75 Å². The quantitative estimate of drug-likeness (QED) is 0.930. The van der Waals surface area contributed by atoms with Crippen molar-refractivity contribution in [2.75, 3.05) is 11.9 Å². The van der Waals surface area contributed by atoms with Gasteiger partial charge < -0.3 is 10.1 Å². The molecule has 1 aromatic heterocycles. The van der Waals surface area contributed by atoms with Gasteiger partial charge in [-0.15, -0.1) is 0 Å². The van der Waals surface area contributed by atoms with E-state index in [1.54, 1.807) is 0 Å². The molecule has 0 unspecified atom stereocenters. The number of ether oxygens (including phenoxy) is 1. The number of fused-ring (bicyclic) bond motifs is 1. The molecule has 1 aliphatic carbocycles. The summed E-state index contributed by atoms with van der Waals surface area (Å²) in [6.45, 7) is 6.57. The number of benzene rings is 1. The minimum atomic E-state index is -0.233. The van der Waals surface area contributed by atoms with Crippen LogP contribution in [0.4, 0.5) is 5.95 Å². The molecule has 0 amide bonds. The van der Waals surface area contributed by atoms with E-state index < -0.39 is 0 Å². The Morgan fingerprint density at radius 2 is 2.04 bits per heavy atom. The Kier molecular flexibility index (Phi) is 3.82. The lowest BCUT2D eigenvalue weighted by atomic mass is 9.81. The van der Waals surface area contributed by atoms with Gasteiger partial charge in [-0.1, -0.05) is 19.1 Å². The monoisotopic (exact) mass is 338 g/mol. The van der Waals surface area contributed by atoms with Crippen LogP contribution < -0.4 is 10.1 Å². The summed E-state index contributed by atoms with van der Waals surface area (Å²) in [6.07, 6.45) is 1.44. The standard InChI is InChI=1S/C19H22N4O2/c1-4-25-14-7-5-13(6-8-14)18-17-15(9-11(2)10-16(17)24)21-19-20-12(3)22-23(18)19/h5-8,11,18H,4,9-10H2,1-3H3,(H,20,21,22)/t11-,18-/m0/s1. The second-order valence-corrected chi connectivity index (χ2v) is 6.79. The Morgan fingerprint density at radius 3 is 2.76 bits per heavy atom. The van der Waals surface area contributed by atoms with Gasteiger partial charge in [0.2, 0.25) is 5.95 Å². The number of Topliss-reactive ketones (excluding diaryl/α,β-unsaturated/α-hetero) is 1. The van der Waals surface area contributed by atoms with Gasteiger partial charge in [0.15, 0.2) is 5.78 Å². The van der Waals surface area contributed by atoms with Gasteiger partial charge in [0.05, 0.1) is 6.61 Å². The Morgan fingerprint density at radius 1 is 1.28 bits per heavy atom. The molecule has 25 heavy (non-hydrogen) atoms. The SMILES string of the molecule is CCOc1ccc([C@H]2C3=C(C[C@H](C)CC3=O)Nc3nc(C)nn32)cc1. The second kappa shape index (κ2) is 6.02. The van der Waals surface area contributed by atoms with Crippen molar-refractivity contribution >= 4 is 11.7 Å². The highest BCUT2D eigenvalue weighted by Gasteiger charge is 2.38. The molecule has 2 atom stereocenters. The van der Waals surface area contributed by atoms with Gasteiger partial charge in [0.25, 0.3) is 0 Å². The number of aromatic nitrogens is 3. The third-order valence-electron chi connectivity index (χ3n) is 4.74. The summed E-state index contributed by atoms with van der Waals surface area (Å²) in [6, 6.07) is 7.68. The molecule has 6 nitrogen and oxygen atoms in total. The van der Waals surface area contributed by atoms with E-state index in [1.807, 2.05) is 42.8 Å². The van der Waals surface area contributed by atoms with Gasteiger partial charge in [-0.3, -0.25) is 4.79 Å². The van der Waals surface area contributed by atoms with Crippen LogP contribution in [0.3, 0.4) is 0 Å². The molecule has 0 spiro atoms. The van der Waals surface area contributed by atoms with Crippen molar-refractivity contribution in [1.29, 1.82) is 0 Å². The fourth-order valence-corrected chi connectivity index (χ4v) is 3.73. The van der Waals surface area contributed by atoms with Gasteiger partial charge in [-0.05, 0) is 43.9 Å². The van der Waals surface area contributed by atoms with Crippen LogP contribution >= 0.6 is 0 Å². The average molecular weight is 338 g/mol.